The first kappa shape index (κ1) is 40.3. The van der Waals surface area contributed by atoms with Crippen molar-refractivity contribution in [3.05, 3.63) is 229 Å². The van der Waals surface area contributed by atoms with Gasteiger partial charge < -0.3 is 5.73 Å². The van der Waals surface area contributed by atoms with E-state index < -0.39 is 0 Å². The Morgan fingerprint density at radius 1 is 0.547 bits per heavy atom. The highest BCUT2D eigenvalue weighted by atomic mass is 14.7. The molecule has 2 N–H and O–H groups in total. The highest BCUT2D eigenvalue weighted by Crippen LogP contribution is 2.13. The van der Waals surface area contributed by atoms with Gasteiger partial charge in [0, 0.05) is 29.6 Å². The maximum absolute atomic E-state index is 5.36. The van der Waals surface area contributed by atoms with Crippen molar-refractivity contribution in [1.29, 1.82) is 0 Å². The molecule has 7 aromatic rings. The number of para-hydroxylation sites is 4. The molecule has 7 aromatic carbocycles. The summed E-state index contributed by atoms with van der Waals surface area (Å²) in [6.07, 6.45) is 7.93. The van der Waals surface area contributed by atoms with Gasteiger partial charge in [0.15, 0.2) is 0 Å². The molecule has 4 nitrogen and oxygen atoms in total. The summed E-state index contributed by atoms with van der Waals surface area (Å²) in [6, 6.07) is 69.3. The molecule has 4 heteroatoms. The zero-order valence-corrected chi connectivity index (χ0v) is 30.2. The van der Waals surface area contributed by atoms with Crippen LogP contribution in [0.25, 0.3) is 0 Å². The summed E-state index contributed by atoms with van der Waals surface area (Å²) >= 11 is 0. The molecule has 53 heavy (non-hydrogen) atoms. The second kappa shape index (κ2) is 25.8. The van der Waals surface area contributed by atoms with Crippen LogP contribution in [-0.2, 0) is 6.42 Å². The normalized spacial score (nSPS) is 9.85. The van der Waals surface area contributed by atoms with Gasteiger partial charge in [-0.15, -0.1) is 6.42 Å². The molecule has 0 bridgehead atoms. The zero-order chi connectivity index (χ0) is 37.6. The number of nitrogens with two attached hydrogens (primary N) is 1. The van der Waals surface area contributed by atoms with Gasteiger partial charge in [0.05, 0.1) is 17.1 Å². The third-order valence-electron chi connectivity index (χ3n) is 7.09. The number of hydrogen-bond acceptors (Lipinski definition) is 4. The molecule has 0 saturated heterocycles. The molecule has 262 valence electrons. The Bertz CT molecular complexity index is 2040. The minimum Gasteiger partial charge on any atom is -0.399 e. The summed E-state index contributed by atoms with van der Waals surface area (Å²) in [5, 5.41) is 0. The van der Waals surface area contributed by atoms with Gasteiger partial charge in [-0.1, -0.05) is 158 Å². The Kier molecular flexibility index (Phi) is 19.7. The van der Waals surface area contributed by atoms with Gasteiger partial charge in [-0.05, 0) is 85.4 Å². The molecule has 0 fully saturated rings. The van der Waals surface area contributed by atoms with Crippen molar-refractivity contribution >= 4 is 41.4 Å². The molecular formula is C49H46N4. The number of terminal acetylenes is 1. The number of nitrogens with zero attached hydrogens (tertiary/aromatic N) is 3. The smallest absolute Gasteiger partial charge is 0.0633 e. The van der Waals surface area contributed by atoms with Crippen molar-refractivity contribution in [2.75, 3.05) is 5.73 Å². The maximum Gasteiger partial charge on any atom is 0.0633 e. The largest absolute Gasteiger partial charge is 0.399 e. The Labute approximate surface area is 315 Å². The molecule has 0 unspecified atom stereocenters. The lowest BCUT2D eigenvalue weighted by Gasteiger charge is -2.00. The summed E-state index contributed by atoms with van der Waals surface area (Å²) in [5.41, 5.74) is 13.5. The van der Waals surface area contributed by atoms with Crippen LogP contribution in [0.15, 0.2) is 227 Å². The average molecular weight is 691 g/mol. The number of rotatable bonds is 6. The maximum atomic E-state index is 5.36. The van der Waals surface area contributed by atoms with Crippen LogP contribution in [0.2, 0.25) is 0 Å². The Morgan fingerprint density at radius 2 is 0.943 bits per heavy atom. The van der Waals surface area contributed by atoms with Gasteiger partial charge >= 0.3 is 0 Å². The fraction of sp³-hybridized carbons (Fsp3) is 0.0408. The van der Waals surface area contributed by atoms with Gasteiger partial charge in [0.1, 0.15) is 0 Å². The van der Waals surface area contributed by atoms with E-state index in [1.807, 2.05) is 201 Å². The van der Waals surface area contributed by atoms with E-state index >= 15 is 0 Å². The molecule has 0 atom stereocenters. The van der Waals surface area contributed by atoms with Crippen molar-refractivity contribution < 1.29 is 0 Å². The first-order valence-corrected chi connectivity index (χ1v) is 17.2. The number of hydrogen-bond donors (Lipinski definition) is 1. The molecular weight excluding hydrogens is 645 g/mol. The van der Waals surface area contributed by atoms with Crippen LogP contribution >= 0.6 is 0 Å². The van der Waals surface area contributed by atoms with Gasteiger partial charge in [0.2, 0.25) is 0 Å². The number of anilines is 1. The lowest BCUT2D eigenvalue weighted by atomic mass is 10.1. The summed E-state index contributed by atoms with van der Waals surface area (Å²) in [6.45, 7) is 5.41. The second-order valence-electron chi connectivity index (χ2n) is 11.2. The van der Waals surface area contributed by atoms with E-state index in [4.69, 9.17) is 12.2 Å². The predicted molar refractivity (Wildman–Crippen MR) is 230 cm³/mol. The molecule has 0 saturated carbocycles. The lowest BCUT2D eigenvalue weighted by Crippen LogP contribution is -1.92. The topological polar surface area (TPSA) is 63.1 Å². The molecule has 0 amide bonds. The van der Waals surface area contributed by atoms with E-state index in [1.54, 1.807) is 0 Å². The van der Waals surface area contributed by atoms with Gasteiger partial charge in [0.25, 0.3) is 0 Å². The fourth-order valence-electron chi connectivity index (χ4n) is 4.35. The van der Waals surface area contributed by atoms with E-state index in [9.17, 15) is 0 Å². The molecule has 0 spiro atoms. The van der Waals surface area contributed by atoms with Crippen LogP contribution in [0.5, 0.6) is 0 Å². The Morgan fingerprint density at radius 3 is 1.34 bits per heavy atom. The fourth-order valence-corrected chi connectivity index (χ4v) is 4.35. The van der Waals surface area contributed by atoms with Crippen LogP contribution in [0.3, 0.4) is 0 Å². The summed E-state index contributed by atoms with van der Waals surface area (Å²) < 4.78 is 0. The zero-order valence-electron chi connectivity index (χ0n) is 30.2. The molecule has 0 radical (unpaired) electrons. The molecule has 0 aromatic heterocycles. The number of nitrogen functional groups attached to an aromatic ring is 1. The van der Waals surface area contributed by atoms with Crippen molar-refractivity contribution in [3.8, 4) is 12.3 Å². The first-order valence-electron chi connectivity index (χ1n) is 17.2. The van der Waals surface area contributed by atoms with E-state index in [-0.39, 0.29) is 0 Å². The Balaban J connectivity index is 0.000000186. The minimum absolute atomic E-state index is 0.822. The standard InChI is InChI=1S/2C14H13N.C8H6.C7H7N.C6H7N/c1-12(13-8-4-2-5-9-13)15-14-10-6-3-7-11-14;1-3-7-13(8-4-1)11-12-15-14-9-5-2-6-10-14;1-2-8-6-4-3-5-7-8;1-8-7-5-3-2-4-6-7;7-6-4-2-1-3-5-6/h2-11H,1H3;1-10,12H,11H2;1,3-7H;2-6H,1H2;1-5H,7H2. The summed E-state index contributed by atoms with van der Waals surface area (Å²) in [7, 11) is 0. The van der Waals surface area contributed by atoms with Crippen molar-refractivity contribution in [1.82, 2.24) is 0 Å². The van der Waals surface area contributed by atoms with Gasteiger partial charge in [-0.2, -0.15) is 0 Å². The number of aliphatic imine (C=N–C) groups is 3. The minimum atomic E-state index is 0.822. The van der Waals surface area contributed by atoms with Gasteiger partial charge in [-0.3, -0.25) is 15.0 Å². The van der Waals surface area contributed by atoms with Crippen LogP contribution in [0, 0.1) is 12.3 Å². The molecule has 0 heterocycles. The van der Waals surface area contributed by atoms with E-state index in [1.165, 1.54) is 11.1 Å². The van der Waals surface area contributed by atoms with Crippen LogP contribution in [0.4, 0.5) is 22.7 Å². The SMILES string of the molecule is C#Cc1ccccc1.C(Cc1ccccc1)=Nc1ccccc1.C=Nc1ccccc1.CC(=Nc1ccccc1)c1ccccc1.Nc1ccccc1. The molecule has 0 aliphatic heterocycles. The summed E-state index contributed by atoms with van der Waals surface area (Å²) in [5.74, 6) is 2.53. The average Bonchev–Trinajstić information content (AvgIpc) is 3.24. The highest BCUT2D eigenvalue weighted by molar-refractivity contribution is 6.00. The van der Waals surface area contributed by atoms with E-state index in [0.29, 0.717) is 0 Å². The molecule has 0 aliphatic rings. The predicted octanol–water partition coefficient (Wildman–Crippen LogP) is 12.4. The third-order valence-corrected chi connectivity index (χ3v) is 7.09. The summed E-state index contributed by atoms with van der Waals surface area (Å²) in [4.78, 5) is 12.6. The lowest BCUT2D eigenvalue weighted by molar-refractivity contribution is 1.34. The highest BCUT2D eigenvalue weighted by Gasteiger charge is 1.95. The quantitative estimate of drug-likeness (QED) is 0.105. The van der Waals surface area contributed by atoms with Crippen LogP contribution < -0.4 is 5.73 Å². The molecule has 0 aliphatic carbocycles. The first-order chi connectivity index (χ1) is 26.1. The van der Waals surface area contributed by atoms with E-state index in [2.05, 4.69) is 51.9 Å². The van der Waals surface area contributed by atoms with Crippen molar-refractivity contribution in [3.63, 3.8) is 0 Å². The van der Waals surface area contributed by atoms with Gasteiger partial charge in [-0.25, -0.2) is 0 Å². The monoisotopic (exact) mass is 690 g/mol. The number of benzene rings is 7. The van der Waals surface area contributed by atoms with Crippen molar-refractivity contribution in [2.45, 2.75) is 13.3 Å². The Hall–Kier alpha value is -7.09. The van der Waals surface area contributed by atoms with Crippen molar-refractivity contribution in [2.24, 2.45) is 15.0 Å². The third kappa shape index (κ3) is 18.5. The van der Waals surface area contributed by atoms with Crippen LogP contribution in [-0.4, -0.2) is 18.6 Å². The van der Waals surface area contributed by atoms with E-state index in [0.717, 1.165) is 40.4 Å². The van der Waals surface area contributed by atoms with Crippen LogP contribution in [0.1, 0.15) is 23.6 Å². The second-order valence-corrected chi connectivity index (χ2v) is 11.2. The molecule has 7 rings (SSSR count).